The summed E-state index contributed by atoms with van der Waals surface area (Å²) in [5.74, 6) is 0.710. The van der Waals surface area contributed by atoms with Gasteiger partial charge in [0.25, 0.3) is 0 Å². The van der Waals surface area contributed by atoms with Crippen LogP contribution < -0.4 is 0 Å². The maximum Gasteiger partial charge on any atom is 0.160 e. The lowest BCUT2D eigenvalue weighted by Crippen LogP contribution is -2.14. The highest BCUT2D eigenvalue weighted by atomic mass is 14.9. The van der Waals surface area contributed by atoms with Gasteiger partial charge in [0, 0.05) is 22.1 Å². The summed E-state index contributed by atoms with van der Waals surface area (Å²) in [6.45, 7) is 4.68. The van der Waals surface area contributed by atoms with Crippen molar-refractivity contribution in [3.8, 4) is 78.4 Å². The molecule has 0 saturated heterocycles. The number of nitrogens with zero attached hydrogens (tertiary/aromatic N) is 2. The van der Waals surface area contributed by atoms with Crippen LogP contribution in [0.5, 0.6) is 0 Å². The molecule has 0 amide bonds. The summed E-state index contributed by atoms with van der Waals surface area (Å²) in [6, 6.07) is 64.8. The zero-order valence-electron chi connectivity index (χ0n) is 28.7. The minimum Gasteiger partial charge on any atom is -0.228 e. The third-order valence-corrected chi connectivity index (χ3v) is 10.3. The van der Waals surface area contributed by atoms with Crippen LogP contribution in [0.4, 0.5) is 0 Å². The zero-order valence-corrected chi connectivity index (χ0v) is 28.7. The van der Waals surface area contributed by atoms with E-state index in [-0.39, 0.29) is 5.41 Å². The lowest BCUT2D eigenvalue weighted by Gasteiger charge is -2.22. The van der Waals surface area contributed by atoms with E-state index < -0.39 is 0 Å². The van der Waals surface area contributed by atoms with Crippen molar-refractivity contribution in [1.29, 1.82) is 0 Å². The van der Waals surface area contributed by atoms with E-state index in [0.29, 0.717) is 5.82 Å². The molecule has 51 heavy (non-hydrogen) atoms. The second-order valence-corrected chi connectivity index (χ2v) is 13.9. The number of hydrogen-bond acceptors (Lipinski definition) is 2. The molecule has 0 radical (unpaired) electrons. The van der Waals surface area contributed by atoms with Gasteiger partial charge in [-0.1, -0.05) is 172 Å². The van der Waals surface area contributed by atoms with E-state index in [1.165, 1.54) is 50.1 Å². The molecule has 0 saturated carbocycles. The third-order valence-electron chi connectivity index (χ3n) is 10.3. The second-order valence-electron chi connectivity index (χ2n) is 13.9. The molecule has 2 heteroatoms. The van der Waals surface area contributed by atoms with E-state index in [4.69, 9.17) is 9.97 Å². The zero-order chi connectivity index (χ0) is 34.4. The van der Waals surface area contributed by atoms with Crippen molar-refractivity contribution in [1.82, 2.24) is 9.97 Å². The molecule has 1 heterocycles. The molecule has 0 spiro atoms. The molecule has 1 aromatic heterocycles. The van der Waals surface area contributed by atoms with Crippen LogP contribution in [-0.4, -0.2) is 9.97 Å². The molecule has 242 valence electrons. The van der Waals surface area contributed by atoms with Gasteiger partial charge in [0.1, 0.15) is 0 Å². The Bertz CT molecular complexity index is 2530. The number of fused-ring (bicyclic) bond motifs is 3. The predicted molar refractivity (Wildman–Crippen MR) is 212 cm³/mol. The predicted octanol–water partition coefficient (Wildman–Crippen LogP) is 12.8. The molecule has 0 aliphatic heterocycles. The van der Waals surface area contributed by atoms with Crippen molar-refractivity contribution in [2.75, 3.05) is 0 Å². The fourth-order valence-corrected chi connectivity index (χ4v) is 7.55. The van der Waals surface area contributed by atoms with Crippen LogP contribution in [0.1, 0.15) is 25.0 Å². The minimum atomic E-state index is -0.0265. The van der Waals surface area contributed by atoms with Crippen molar-refractivity contribution >= 4 is 0 Å². The number of rotatable bonds is 6. The van der Waals surface area contributed by atoms with Crippen LogP contribution in [0, 0.1) is 0 Å². The van der Waals surface area contributed by atoms with E-state index in [1.54, 1.807) is 0 Å². The Morgan fingerprint density at radius 2 is 0.745 bits per heavy atom. The van der Waals surface area contributed by atoms with Gasteiger partial charge in [-0.15, -0.1) is 0 Å². The summed E-state index contributed by atoms with van der Waals surface area (Å²) >= 11 is 0. The lowest BCUT2D eigenvalue weighted by molar-refractivity contribution is 0.660. The van der Waals surface area contributed by atoms with Gasteiger partial charge in [-0.25, -0.2) is 9.97 Å². The maximum atomic E-state index is 5.13. The molecule has 0 N–H and O–H groups in total. The molecule has 7 aromatic carbocycles. The Hall–Kier alpha value is -6.38. The van der Waals surface area contributed by atoms with Crippen molar-refractivity contribution in [3.63, 3.8) is 0 Å². The van der Waals surface area contributed by atoms with Gasteiger partial charge in [0.2, 0.25) is 0 Å². The van der Waals surface area contributed by atoms with E-state index in [9.17, 15) is 0 Å². The third kappa shape index (κ3) is 5.65. The number of aromatic nitrogens is 2. The smallest absolute Gasteiger partial charge is 0.160 e. The van der Waals surface area contributed by atoms with Gasteiger partial charge in [-0.2, -0.15) is 0 Å². The first-order valence-corrected chi connectivity index (χ1v) is 17.6. The van der Waals surface area contributed by atoms with Gasteiger partial charge in [-0.3, -0.25) is 0 Å². The molecule has 8 aromatic rings. The molecular weight excluding hydrogens is 617 g/mol. The Kier molecular flexibility index (Phi) is 7.51. The molecule has 2 nitrogen and oxygen atoms in total. The van der Waals surface area contributed by atoms with Crippen LogP contribution in [0.3, 0.4) is 0 Å². The molecule has 1 aliphatic rings. The van der Waals surface area contributed by atoms with Crippen LogP contribution in [-0.2, 0) is 5.41 Å². The normalized spacial score (nSPS) is 12.7. The fourth-order valence-electron chi connectivity index (χ4n) is 7.55. The van der Waals surface area contributed by atoms with Gasteiger partial charge in [-0.05, 0) is 79.9 Å². The average molecular weight is 653 g/mol. The van der Waals surface area contributed by atoms with Crippen molar-refractivity contribution in [2.45, 2.75) is 19.3 Å². The Morgan fingerprint density at radius 3 is 1.43 bits per heavy atom. The van der Waals surface area contributed by atoms with E-state index >= 15 is 0 Å². The Labute approximate surface area is 299 Å². The van der Waals surface area contributed by atoms with Gasteiger partial charge >= 0.3 is 0 Å². The first-order chi connectivity index (χ1) is 25.0. The lowest BCUT2D eigenvalue weighted by atomic mass is 9.81. The largest absolute Gasteiger partial charge is 0.228 e. The summed E-state index contributed by atoms with van der Waals surface area (Å²) in [7, 11) is 0. The summed E-state index contributed by atoms with van der Waals surface area (Å²) in [5.41, 5.74) is 17.5. The molecule has 0 bridgehead atoms. The average Bonchev–Trinajstić information content (AvgIpc) is 3.44. The van der Waals surface area contributed by atoms with Crippen LogP contribution in [0.25, 0.3) is 78.4 Å². The first-order valence-electron chi connectivity index (χ1n) is 17.6. The van der Waals surface area contributed by atoms with Crippen molar-refractivity contribution < 1.29 is 0 Å². The fraction of sp³-hybridized carbons (Fsp3) is 0.0612. The van der Waals surface area contributed by atoms with Gasteiger partial charge in [0.15, 0.2) is 5.82 Å². The number of hydrogen-bond donors (Lipinski definition) is 0. The molecule has 1 aliphatic carbocycles. The highest BCUT2D eigenvalue weighted by Crippen LogP contribution is 2.49. The maximum absolute atomic E-state index is 5.13. The van der Waals surface area contributed by atoms with Crippen molar-refractivity contribution in [2.24, 2.45) is 0 Å². The van der Waals surface area contributed by atoms with Crippen molar-refractivity contribution in [3.05, 3.63) is 193 Å². The summed E-state index contributed by atoms with van der Waals surface area (Å²) < 4.78 is 0. The number of benzene rings is 7. The second kappa shape index (κ2) is 12.5. The van der Waals surface area contributed by atoms with Gasteiger partial charge < -0.3 is 0 Å². The minimum absolute atomic E-state index is 0.0265. The monoisotopic (exact) mass is 652 g/mol. The Balaban J connectivity index is 1.06. The van der Waals surface area contributed by atoms with Crippen LogP contribution in [0.2, 0.25) is 0 Å². The standard InChI is InChI=1S/C49H36N2/c1-49(2)44-22-10-9-21-42(44)43-28-27-40(31-45(43)49)39-19-11-17-37(29-39)34-23-25-36(26-24-34)47-32-46(35-15-7-4-8-16-35)50-48(51-47)41-20-12-18-38(30-41)33-13-5-3-6-14-33/h3-32H,1-2H3. The van der Waals surface area contributed by atoms with Crippen LogP contribution in [0.15, 0.2) is 182 Å². The summed E-state index contributed by atoms with van der Waals surface area (Å²) in [6.07, 6.45) is 0. The first kappa shape index (κ1) is 30.7. The van der Waals surface area contributed by atoms with Gasteiger partial charge in [0.05, 0.1) is 11.4 Å². The topological polar surface area (TPSA) is 25.8 Å². The molecule has 0 fully saturated rings. The molecule has 0 unspecified atom stereocenters. The molecule has 0 atom stereocenters. The van der Waals surface area contributed by atoms with E-state index in [0.717, 1.165) is 33.6 Å². The highest BCUT2D eigenvalue weighted by molar-refractivity contribution is 5.84. The highest BCUT2D eigenvalue weighted by Gasteiger charge is 2.35. The SMILES string of the molecule is CC1(C)c2ccccc2-c2ccc(-c3cccc(-c4ccc(-c5cc(-c6ccccc6)nc(-c6cccc(-c7ccccc7)c6)n5)cc4)c3)cc21. The summed E-state index contributed by atoms with van der Waals surface area (Å²) in [4.78, 5) is 10.2. The van der Waals surface area contributed by atoms with E-state index in [2.05, 4.69) is 184 Å². The van der Waals surface area contributed by atoms with E-state index in [1.807, 2.05) is 12.1 Å². The quantitative estimate of drug-likeness (QED) is 0.179. The summed E-state index contributed by atoms with van der Waals surface area (Å²) in [5, 5.41) is 0. The Morgan fingerprint density at radius 1 is 0.314 bits per heavy atom. The molecule has 9 rings (SSSR count). The van der Waals surface area contributed by atoms with Crippen LogP contribution >= 0.6 is 0 Å². The molecular formula is C49H36N2.